The van der Waals surface area contributed by atoms with Gasteiger partial charge in [0.25, 0.3) is 0 Å². The first-order chi connectivity index (χ1) is 11.5. The zero-order chi connectivity index (χ0) is 17.1. The van der Waals surface area contributed by atoms with Gasteiger partial charge in [0.2, 0.25) is 5.91 Å². The minimum atomic E-state index is -0.0495. The fourth-order valence-electron chi connectivity index (χ4n) is 3.23. The van der Waals surface area contributed by atoms with Crippen LogP contribution >= 0.6 is 23.4 Å². The first kappa shape index (κ1) is 17.4. The third kappa shape index (κ3) is 3.98. The Morgan fingerprint density at radius 2 is 2.21 bits per heavy atom. The SMILES string of the molecule is Cc1c(Cl)cccc1NC(=O)CCCC[C@@H]1SC[C@@H]2NC(=O)N[C@@H]21. The maximum atomic E-state index is 12.1. The van der Waals surface area contributed by atoms with Crippen molar-refractivity contribution in [3.05, 3.63) is 28.8 Å². The first-order valence-electron chi connectivity index (χ1n) is 8.28. The van der Waals surface area contributed by atoms with Crippen LogP contribution in [0, 0.1) is 6.92 Å². The summed E-state index contributed by atoms with van der Waals surface area (Å²) in [5.74, 6) is 0.996. The second kappa shape index (κ2) is 7.66. The van der Waals surface area contributed by atoms with Crippen LogP contribution in [0.4, 0.5) is 10.5 Å². The molecule has 0 spiro atoms. The van der Waals surface area contributed by atoms with E-state index in [2.05, 4.69) is 16.0 Å². The van der Waals surface area contributed by atoms with E-state index in [1.54, 1.807) is 0 Å². The summed E-state index contributed by atoms with van der Waals surface area (Å²) in [6.07, 6.45) is 3.36. The molecule has 7 heteroatoms. The number of rotatable bonds is 6. The third-order valence-electron chi connectivity index (χ3n) is 4.62. The summed E-state index contributed by atoms with van der Waals surface area (Å²) >= 11 is 7.97. The molecule has 3 N–H and O–H groups in total. The number of benzene rings is 1. The zero-order valence-corrected chi connectivity index (χ0v) is 15.2. The van der Waals surface area contributed by atoms with Crippen LogP contribution < -0.4 is 16.0 Å². The van der Waals surface area contributed by atoms with E-state index in [1.165, 1.54) is 0 Å². The summed E-state index contributed by atoms with van der Waals surface area (Å²) in [7, 11) is 0. The average molecular weight is 368 g/mol. The molecule has 0 unspecified atom stereocenters. The van der Waals surface area contributed by atoms with Gasteiger partial charge in [-0.15, -0.1) is 0 Å². The summed E-state index contributed by atoms with van der Waals surface area (Å²) in [5, 5.41) is 9.98. The highest BCUT2D eigenvalue weighted by molar-refractivity contribution is 8.00. The molecule has 3 rings (SSSR count). The number of nitrogens with one attached hydrogen (secondary N) is 3. The maximum Gasteiger partial charge on any atom is 0.315 e. The molecule has 3 atom stereocenters. The van der Waals surface area contributed by atoms with Crippen LogP contribution in [0.25, 0.3) is 0 Å². The molecule has 2 aliphatic rings. The Bertz CT molecular complexity index is 640. The summed E-state index contributed by atoms with van der Waals surface area (Å²) in [4.78, 5) is 23.4. The highest BCUT2D eigenvalue weighted by atomic mass is 35.5. The standard InChI is InChI=1S/C17H22ClN3O2S/c1-10-11(18)5-4-6-12(10)19-15(22)8-3-2-7-14-16-13(9-24-14)20-17(23)21-16/h4-6,13-14,16H,2-3,7-9H2,1H3,(H,19,22)(H2,20,21,23)/t13-,14-,16-/m0/s1. The highest BCUT2D eigenvalue weighted by Crippen LogP contribution is 2.33. The lowest BCUT2D eigenvalue weighted by Gasteiger charge is -2.16. The Balaban J connectivity index is 1.38. The highest BCUT2D eigenvalue weighted by Gasteiger charge is 2.42. The monoisotopic (exact) mass is 367 g/mol. The van der Waals surface area contributed by atoms with Crippen LogP contribution in [0.15, 0.2) is 18.2 Å². The molecule has 0 aliphatic carbocycles. The molecule has 24 heavy (non-hydrogen) atoms. The number of unbranched alkanes of at least 4 members (excludes halogenated alkanes) is 1. The van der Waals surface area contributed by atoms with Gasteiger partial charge in [-0.25, -0.2) is 4.79 Å². The van der Waals surface area contributed by atoms with Crippen LogP contribution in [0.5, 0.6) is 0 Å². The van der Waals surface area contributed by atoms with Gasteiger partial charge in [0.1, 0.15) is 0 Å². The normalized spacial score (nSPS) is 25.1. The number of carbonyl (C=O) groups is 2. The topological polar surface area (TPSA) is 70.2 Å². The predicted octanol–water partition coefficient (Wildman–Crippen LogP) is 3.31. The number of hydrogen-bond acceptors (Lipinski definition) is 3. The Morgan fingerprint density at radius 1 is 1.38 bits per heavy atom. The van der Waals surface area contributed by atoms with Crippen molar-refractivity contribution in [2.75, 3.05) is 11.1 Å². The zero-order valence-electron chi connectivity index (χ0n) is 13.6. The lowest BCUT2D eigenvalue weighted by molar-refractivity contribution is -0.116. The number of carbonyl (C=O) groups excluding carboxylic acids is 2. The largest absolute Gasteiger partial charge is 0.332 e. The smallest absolute Gasteiger partial charge is 0.315 e. The number of urea groups is 1. The van der Waals surface area contributed by atoms with Crippen molar-refractivity contribution >= 4 is 41.0 Å². The van der Waals surface area contributed by atoms with Gasteiger partial charge >= 0.3 is 6.03 Å². The molecule has 2 saturated heterocycles. The van der Waals surface area contributed by atoms with Crippen molar-refractivity contribution < 1.29 is 9.59 Å². The van der Waals surface area contributed by atoms with Crippen LogP contribution in [-0.2, 0) is 4.79 Å². The molecular weight excluding hydrogens is 346 g/mol. The first-order valence-corrected chi connectivity index (χ1v) is 9.71. The van der Waals surface area contributed by atoms with Crippen molar-refractivity contribution in [1.29, 1.82) is 0 Å². The molecule has 2 fully saturated rings. The number of halogens is 1. The Morgan fingerprint density at radius 3 is 3.04 bits per heavy atom. The number of hydrogen-bond donors (Lipinski definition) is 3. The van der Waals surface area contributed by atoms with Gasteiger partial charge in [-0.2, -0.15) is 11.8 Å². The summed E-state index contributed by atoms with van der Waals surface area (Å²) in [6, 6.07) is 5.97. The van der Waals surface area contributed by atoms with E-state index >= 15 is 0 Å². The molecule has 130 valence electrons. The van der Waals surface area contributed by atoms with E-state index in [9.17, 15) is 9.59 Å². The lowest BCUT2D eigenvalue weighted by atomic mass is 10.0. The molecule has 3 amide bonds. The Labute approximate surface area is 151 Å². The van der Waals surface area contributed by atoms with E-state index in [0.717, 1.165) is 36.3 Å². The molecule has 2 aliphatic heterocycles. The summed E-state index contributed by atoms with van der Waals surface area (Å²) in [6.45, 7) is 1.90. The van der Waals surface area contributed by atoms with Crippen molar-refractivity contribution in [2.24, 2.45) is 0 Å². The maximum absolute atomic E-state index is 12.1. The second-order valence-corrected chi connectivity index (χ2v) is 8.01. The van der Waals surface area contributed by atoms with Crippen LogP contribution in [0.1, 0.15) is 31.2 Å². The van der Waals surface area contributed by atoms with E-state index in [0.29, 0.717) is 16.7 Å². The van der Waals surface area contributed by atoms with Crippen LogP contribution in [-0.4, -0.2) is 35.0 Å². The lowest BCUT2D eigenvalue weighted by Crippen LogP contribution is -2.36. The average Bonchev–Trinajstić information content (AvgIpc) is 3.08. The van der Waals surface area contributed by atoms with Gasteiger partial charge in [0, 0.05) is 28.1 Å². The Kier molecular flexibility index (Phi) is 5.56. The fourth-order valence-corrected chi connectivity index (χ4v) is 4.95. The molecule has 0 bridgehead atoms. The van der Waals surface area contributed by atoms with Gasteiger partial charge in [-0.3, -0.25) is 4.79 Å². The number of anilines is 1. The van der Waals surface area contributed by atoms with Crippen molar-refractivity contribution in [3.8, 4) is 0 Å². The second-order valence-electron chi connectivity index (χ2n) is 6.33. The van der Waals surface area contributed by atoms with Gasteiger partial charge in [-0.1, -0.05) is 24.1 Å². The molecular formula is C17H22ClN3O2S. The minimum absolute atomic E-state index is 0.0214. The molecule has 0 radical (unpaired) electrons. The van der Waals surface area contributed by atoms with Crippen molar-refractivity contribution in [2.45, 2.75) is 49.9 Å². The fraction of sp³-hybridized carbons (Fsp3) is 0.529. The number of fused-ring (bicyclic) bond motifs is 1. The van der Waals surface area contributed by atoms with Crippen LogP contribution in [0.3, 0.4) is 0 Å². The molecule has 1 aromatic rings. The van der Waals surface area contributed by atoms with E-state index < -0.39 is 0 Å². The van der Waals surface area contributed by atoms with Gasteiger partial charge < -0.3 is 16.0 Å². The van der Waals surface area contributed by atoms with Gasteiger partial charge in [0.15, 0.2) is 0 Å². The minimum Gasteiger partial charge on any atom is -0.332 e. The molecule has 2 heterocycles. The third-order valence-corrected chi connectivity index (χ3v) is 6.54. The van der Waals surface area contributed by atoms with E-state index in [1.807, 2.05) is 36.9 Å². The van der Waals surface area contributed by atoms with E-state index in [-0.39, 0.29) is 24.0 Å². The van der Waals surface area contributed by atoms with Crippen molar-refractivity contribution in [3.63, 3.8) is 0 Å². The predicted molar refractivity (Wildman–Crippen MR) is 98.8 cm³/mol. The van der Waals surface area contributed by atoms with E-state index in [4.69, 9.17) is 11.6 Å². The molecule has 0 saturated carbocycles. The molecule has 0 aromatic heterocycles. The summed E-state index contributed by atoms with van der Waals surface area (Å²) in [5.41, 5.74) is 1.67. The number of amides is 3. The number of thioether (sulfide) groups is 1. The van der Waals surface area contributed by atoms with Crippen LogP contribution in [0.2, 0.25) is 5.02 Å². The van der Waals surface area contributed by atoms with Gasteiger partial charge in [-0.05, 0) is 37.5 Å². The summed E-state index contributed by atoms with van der Waals surface area (Å²) < 4.78 is 0. The van der Waals surface area contributed by atoms with Crippen molar-refractivity contribution in [1.82, 2.24) is 10.6 Å². The molecule has 5 nitrogen and oxygen atoms in total. The van der Waals surface area contributed by atoms with Gasteiger partial charge in [0.05, 0.1) is 12.1 Å². The Hall–Kier alpha value is -1.40. The quantitative estimate of drug-likeness (QED) is 0.533. The molecule has 1 aromatic carbocycles.